The zero-order valence-corrected chi connectivity index (χ0v) is 43.5. The van der Waals surface area contributed by atoms with Crippen molar-refractivity contribution in [1.29, 1.82) is 0 Å². The van der Waals surface area contributed by atoms with Crippen LogP contribution in [0.15, 0.2) is 76.7 Å². The van der Waals surface area contributed by atoms with Gasteiger partial charge in [0.2, 0.25) is 12.4 Å². The van der Waals surface area contributed by atoms with Crippen LogP contribution in [0.5, 0.6) is 17.2 Å². The molecule has 1 unspecified atom stereocenters. The number of hydrogen-bond acceptors (Lipinski definition) is 19. The summed E-state index contributed by atoms with van der Waals surface area (Å²) < 4.78 is 80.9. The van der Waals surface area contributed by atoms with Crippen molar-refractivity contribution >= 4 is 90.6 Å². The number of amides is 2. The van der Waals surface area contributed by atoms with Gasteiger partial charge in [0.15, 0.2) is 35.6 Å². The zero-order chi connectivity index (χ0) is 55.2. The number of likely N-dealkylation sites (N-methyl/N-ethyl adjacent to an activating group) is 1. The van der Waals surface area contributed by atoms with E-state index in [-0.39, 0.29) is 66.8 Å². The van der Waals surface area contributed by atoms with Gasteiger partial charge in [-0.3, -0.25) is 28.8 Å². The summed E-state index contributed by atoms with van der Waals surface area (Å²) in [6.45, 7) is 4.55. The molecule has 0 saturated carbocycles. The Hall–Kier alpha value is -7.96. The van der Waals surface area contributed by atoms with E-state index >= 15 is 8.42 Å². The van der Waals surface area contributed by atoms with Gasteiger partial charge in [-0.05, 0) is 90.1 Å². The Morgan fingerprint density at radius 3 is 2.20 bits per heavy atom. The van der Waals surface area contributed by atoms with Crippen molar-refractivity contribution in [3.05, 3.63) is 99.6 Å². The first kappa shape index (κ1) is 55.8. The zero-order valence-electron chi connectivity index (χ0n) is 41.9. The van der Waals surface area contributed by atoms with Crippen LogP contribution in [0.4, 0.5) is 5.69 Å². The predicted octanol–water partition coefficient (Wildman–Crippen LogP) is 5.75. The van der Waals surface area contributed by atoms with Crippen molar-refractivity contribution in [3.8, 4) is 17.2 Å². The van der Waals surface area contributed by atoms with E-state index in [0.717, 1.165) is 40.0 Å². The van der Waals surface area contributed by atoms with Crippen LogP contribution in [0, 0.1) is 0 Å². The molecule has 1 saturated heterocycles. The summed E-state index contributed by atoms with van der Waals surface area (Å²) >= 11 is 6.59. The number of alkyl halides is 1. The normalized spacial score (nSPS) is 18.9. The van der Waals surface area contributed by atoms with Gasteiger partial charge >= 0.3 is 34.0 Å². The summed E-state index contributed by atoms with van der Waals surface area (Å²) in [4.78, 5) is 99.5. The first-order chi connectivity index (χ1) is 36.2. The van der Waals surface area contributed by atoms with Gasteiger partial charge in [0.25, 0.3) is 11.8 Å². The number of rotatable bonds is 20. The molecule has 2 aliphatic heterocycles. The SMILES string of the molecule is COC(=O)[C@H]1OC(Oc2ccc(C(=O)N(C)CCOCCN=[N+]=[N-])cc2OS(=O)(=O)c2cc3c(c4cc(OC)ccc24)[C@H](CCl)CN3C(=O)c2cc3cc(C(C)=O)ccc3[nH]2)[C@H](OC(C)=O)[C@@H](OC(C)=O)[C@@H]1OC(C)=O. The van der Waals surface area contributed by atoms with E-state index in [1.807, 2.05) is 0 Å². The highest BCUT2D eigenvalue weighted by Gasteiger charge is 2.56. The quantitative estimate of drug-likeness (QED) is 0.0112. The second-order valence-electron chi connectivity index (χ2n) is 17.3. The molecule has 0 aliphatic carbocycles. The molecule has 2 aliphatic rings. The number of ether oxygens (including phenoxy) is 8. The lowest BCUT2D eigenvalue weighted by Crippen LogP contribution is -2.64. The predicted molar refractivity (Wildman–Crippen MR) is 268 cm³/mol. The minimum Gasteiger partial charge on any atom is -0.497 e. The van der Waals surface area contributed by atoms with Crippen molar-refractivity contribution in [3.63, 3.8) is 0 Å². The average Bonchev–Trinajstić information content (AvgIpc) is 3.99. The van der Waals surface area contributed by atoms with Crippen molar-refractivity contribution in [1.82, 2.24) is 9.88 Å². The van der Waals surface area contributed by atoms with Gasteiger partial charge in [0.1, 0.15) is 16.3 Å². The van der Waals surface area contributed by atoms with Crippen molar-refractivity contribution in [2.45, 2.75) is 69.2 Å². The van der Waals surface area contributed by atoms with Crippen LogP contribution in [0.25, 0.3) is 32.1 Å². The molecular formula is C50H51ClN6O18S. The lowest BCUT2D eigenvalue weighted by Gasteiger charge is -2.43. The van der Waals surface area contributed by atoms with Gasteiger partial charge in [0, 0.05) is 97.3 Å². The first-order valence-electron chi connectivity index (χ1n) is 23.2. The highest BCUT2D eigenvalue weighted by Crippen LogP contribution is 2.47. The van der Waals surface area contributed by atoms with Gasteiger partial charge in [-0.2, -0.15) is 8.42 Å². The van der Waals surface area contributed by atoms with Gasteiger partial charge in [-0.25, -0.2) is 4.79 Å². The van der Waals surface area contributed by atoms with Crippen LogP contribution < -0.4 is 18.6 Å². The number of Topliss-reactive ketones (excluding diaryl/α,β-unsaturated/α-hetero) is 1. The number of anilines is 1. The summed E-state index contributed by atoms with van der Waals surface area (Å²) in [5.74, 6) is -6.87. The molecule has 4 aromatic carbocycles. The number of benzene rings is 4. The number of ketones is 1. The number of fused-ring (bicyclic) bond motifs is 4. The molecule has 1 aromatic heterocycles. The van der Waals surface area contributed by atoms with E-state index < -0.39 is 98.8 Å². The van der Waals surface area contributed by atoms with Gasteiger partial charge in [-0.15, -0.1) is 11.6 Å². The fraction of sp³-hybridized carbons (Fsp3) is 0.380. The minimum absolute atomic E-state index is 0.00649. The fourth-order valence-corrected chi connectivity index (χ4v) is 10.2. The summed E-state index contributed by atoms with van der Waals surface area (Å²) in [6, 6.07) is 15.7. The van der Waals surface area contributed by atoms with Crippen LogP contribution in [-0.4, -0.2) is 150 Å². The lowest BCUT2D eigenvalue weighted by molar-refractivity contribution is -0.282. The maximum Gasteiger partial charge on any atom is 0.340 e. The molecule has 0 bridgehead atoms. The number of carbonyl (C=O) groups is 7. The molecule has 3 heterocycles. The van der Waals surface area contributed by atoms with E-state index in [4.69, 9.17) is 59.2 Å². The number of azide groups is 1. The van der Waals surface area contributed by atoms with Crippen LogP contribution in [0.1, 0.15) is 70.4 Å². The molecule has 7 rings (SSSR count). The molecule has 1 N–H and O–H groups in total. The molecule has 402 valence electrons. The topological polar surface area (TPSA) is 308 Å². The summed E-state index contributed by atoms with van der Waals surface area (Å²) in [6.07, 6.45) is -9.33. The molecule has 0 spiro atoms. The Morgan fingerprint density at radius 1 is 0.842 bits per heavy atom. The molecular weight excluding hydrogens is 1040 g/mol. The number of esters is 4. The Balaban J connectivity index is 1.36. The van der Waals surface area contributed by atoms with Crippen molar-refractivity contribution in [2.75, 3.05) is 64.9 Å². The summed E-state index contributed by atoms with van der Waals surface area (Å²) in [5.41, 5.74) is 10.2. The van der Waals surface area contributed by atoms with Gasteiger partial charge < -0.3 is 56.9 Å². The van der Waals surface area contributed by atoms with E-state index in [1.54, 1.807) is 30.3 Å². The van der Waals surface area contributed by atoms with E-state index in [2.05, 4.69) is 15.0 Å². The van der Waals surface area contributed by atoms with E-state index in [1.165, 1.54) is 55.1 Å². The third-order valence-electron chi connectivity index (χ3n) is 12.2. The molecule has 5 aromatic rings. The van der Waals surface area contributed by atoms with Crippen LogP contribution in [0.2, 0.25) is 0 Å². The van der Waals surface area contributed by atoms with Crippen molar-refractivity contribution < 1.29 is 84.1 Å². The number of aromatic amines is 1. The van der Waals surface area contributed by atoms with Crippen LogP contribution in [-0.2, 0) is 57.7 Å². The Kier molecular flexibility index (Phi) is 17.4. The van der Waals surface area contributed by atoms with Crippen LogP contribution >= 0.6 is 11.6 Å². The molecule has 26 heteroatoms. The largest absolute Gasteiger partial charge is 0.497 e. The monoisotopic (exact) mass is 1090 g/mol. The van der Waals surface area contributed by atoms with Crippen LogP contribution in [0.3, 0.4) is 0 Å². The Labute approximate surface area is 439 Å². The number of hydrogen-bond donors (Lipinski definition) is 1. The van der Waals surface area contributed by atoms with Gasteiger partial charge in [-0.1, -0.05) is 5.11 Å². The average molecular weight is 1090 g/mol. The molecule has 76 heavy (non-hydrogen) atoms. The molecule has 1 fully saturated rings. The number of carbonyl (C=O) groups excluding carboxylic acids is 7. The third-order valence-corrected chi connectivity index (χ3v) is 13.8. The van der Waals surface area contributed by atoms with E-state index in [9.17, 15) is 33.6 Å². The Morgan fingerprint density at radius 2 is 1.54 bits per heavy atom. The number of methoxy groups -OCH3 is 2. The first-order valence-corrected chi connectivity index (χ1v) is 25.1. The number of halogens is 1. The minimum atomic E-state index is -5.15. The van der Waals surface area contributed by atoms with Gasteiger partial charge in [0.05, 0.1) is 27.4 Å². The number of H-pyrrole nitrogens is 1. The molecule has 0 radical (unpaired) electrons. The number of nitrogens with one attached hydrogen (secondary N) is 1. The van der Waals surface area contributed by atoms with Crippen molar-refractivity contribution in [2.24, 2.45) is 5.11 Å². The maximum atomic E-state index is 15.2. The second kappa shape index (κ2) is 23.7. The molecule has 24 nitrogen and oxygen atoms in total. The smallest absolute Gasteiger partial charge is 0.340 e. The highest BCUT2D eigenvalue weighted by molar-refractivity contribution is 7.87. The number of aromatic nitrogens is 1. The summed E-state index contributed by atoms with van der Waals surface area (Å²) in [5, 5.41) is 4.42. The molecule has 6 atom stereocenters. The summed E-state index contributed by atoms with van der Waals surface area (Å²) in [7, 11) is -1.31. The fourth-order valence-electron chi connectivity index (χ4n) is 8.75. The third kappa shape index (κ3) is 12.1. The Bertz CT molecular complexity index is 3290. The highest BCUT2D eigenvalue weighted by atomic mass is 35.5. The number of nitrogens with zero attached hydrogens (tertiary/aromatic N) is 5. The lowest BCUT2D eigenvalue weighted by atomic mass is 9.95. The standard InChI is InChI=1S/C50H51ClN6O18S/c1-25(58)29-8-12-36-31(18-29)19-37(54-36)48(63)57-24-32(23-51)42-35-21-33(67-6)10-11-34(35)41(22-38(42)57)76(65,66)75-40-20-30(47(62)56(5)15-17-69-16-14-53-55-52)9-13-39(40)73-50-46(72-28(4)61)44(71-27(3)60)43(70-26(2)59)45(74-50)49(64)68-7/h8-13,18-22,32,43-46,50,54H,14-17,23-24H2,1-7H3/t32-,43+,44+,45+,46-,50?/m1/s1. The van der Waals surface area contributed by atoms with E-state index in [0.29, 0.717) is 33.2 Å². The molecule has 2 amide bonds. The second-order valence-corrected chi connectivity index (χ2v) is 19.1. The maximum absolute atomic E-state index is 15.2.